The van der Waals surface area contributed by atoms with Gasteiger partial charge in [0.1, 0.15) is 5.75 Å². The molecule has 0 saturated carbocycles. The molecule has 2 aromatic rings. The summed E-state index contributed by atoms with van der Waals surface area (Å²) in [5.41, 5.74) is -3.73. The number of hydrogen-bond acceptors (Lipinski definition) is 5. The van der Waals surface area contributed by atoms with Crippen molar-refractivity contribution in [2.45, 2.75) is 30.6 Å². The SMILES string of the molecule is COc1cccc(CN2C[C@@]3(F)CN(Cc4ccccc4C(=O)O)C[C@@]3(F)C2=O)c1.O=C(O)C(F)(F)F. The van der Waals surface area contributed by atoms with Gasteiger partial charge in [-0.1, -0.05) is 30.3 Å². The van der Waals surface area contributed by atoms with Gasteiger partial charge in [0.05, 0.1) is 19.2 Å². The summed E-state index contributed by atoms with van der Waals surface area (Å²) in [6, 6.07) is 13.4. The van der Waals surface area contributed by atoms with E-state index in [4.69, 9.17) is 14.6 Å². The molecule has 2 atom stereocenters. The van der Waals surface area contributed by atoms with Gasteiger partial charge in [-0.3, -0.25) is 9.69 Å². The Balaban J connectivity index is 0.000000479. The molecule has 0 unspecified atom stereocenters. The number of methoxy groups -OCH3 is 1. The number of rotatable bonds is 6. The number of carboxylic acid groups (broad SMARTS) is 2. The zero-order valence-electron chi connectivity index (χ0n) is 19.5. The van der Waals surface area contributed by atoms with Gasteiger partial charge in [0.2, 0.25) is 5.67 Å². The van der Waals surface area contributed by atoms with Crippen LogP contribution in [0, 0.1) is 0 Å². The van der Waals surface area contributed by atoms with Crippen LogP contribution in [0.5, 0.6) is 5.75 Å². The molecule has 2 aromatic carbocycles. The zero-order valence-corrected chi connectivity index (χ0v) is 19.5. The summed E-state index contributed by atoms with van der Waals surface area (Å²) < 4.78 is 68.2. The first kappa shape index (κ1) is 27.8. The van der Waals surface area contributed by atoms with Gasteiger partial charge < -0.3 is 19.8 Å². The fraction of sp³-hybridized carbons (Fsp3) is 0.375. The molecular formula is C24H23F5N2O6. The van der Waals surface area contributed by atoms with Gasteiger partial charge in [-0.05, 0) is 29.3 Å². The number of carboxylic acids is 2. The lowest BCUT2D eigenvalue weighted by molar-refractivity contribution is -0.192. The van der Waals surface area contributed by atoms with E-state index in [0.717, 1.165) is 5.56 Å². The van der Waals surface area contributed by atoms with Crippen molar-refractivity contribution in [3.8, 4) is 5.75 Å². The topological polar surface area (TPSA) is 107 Å². The van der Waals surface area contributed by atoms with E-state index in [1.807, 2.05) is 0 Å². The average molecular weight is 530 g/mol. The lowest BCUT2D eigenvalue weighted by atomic mass is 9.93. The second-order valence-corrected chi connectivity index (χ2v) is 8.69. The smallest absolute Gasteiger partial charge is 0.490 e. The minimum atomic E-state index is -5.08. The number of hydrogen-bond donors (Lipinski definition) is 2. The zero-order chi connectivity index (χ0) is 27.6. The monoisotopic (exact) mass is 530 g/mol. The highest BCUT2D eigenvalue weighted by Gasteiger charge is 2.70. The summed E-state index contributed by atoms with van der Waals surface area (Å²) in [6.45, 7) is -0.891. The van der Waals surface area contributed by atoms with E-state index in [1.165, 1.54) is 23.0 Å². The number of aliphatic carboxylic acids is 1. The molecule has 2 aliphatic heterocycles. The van der Waals surface area contributed by atoms with Crippen molar-refractivity contribution in [1.82, 2.24) is 9.80 Å². The fourth-order valence-electron chi connectivity index (χ4n) is 4.38. The van der Waals surface area contributed by atoms with Gasteiger partial charge in [0.15, 0.2) is 5.67 Å². The Morgan fingerprint density at radius 2 is 1.65 bits per heavy atom. The number of alkyl halides is 5. The van der Waals surface area contributed by atoms with Crippen molar-refractivity contribution >= 4 is 17.8 Å². The van der Waals surface area contributed by atoms with E-state index in [2.05, 4.69) is 0 Å². The molecule has 0 radical (unpaired) electrons. The number of carbonyl (C=O) groups is 3. The van der Waals surface area contributed by atoms with Crippen molar-refractivity contribution < 1.29 is 51.3 Å². The molecule has 2 aliphatic rings. The van der Waals surface area contributed by atoms with Crippen molar-refractivity contribution in [3.05, 3.63) is 65.2 Å². The molecule has 13 heteroatoms. The highest BCUT2D eigenvalue weighted by atomic mass is 19.4. The fourth-order valence-corrected chi connectivity index (χ4v) is 4.38. The minimum absolute atomic E-state index is 0.0585. The molecule has 8 nitrogen and oxygen atoms in total. The van der Waals surface area contributed by atoms with Crippen LogP contribution in [0.4, 0.5) is 22.0 Å². The number of carbonyl (C=O) groups excluding carboxylic acids is 1. The first-order chi connectivity index (χ1) is 17.2. The number of amides is 1. The van der Waals surface area contributed by atoms with Crippen molar-refractivity contribution in [2.75, 3.05) is 26.7 Å². The first-order valence-corrected chi connectivity index (χ1v) is 10.8. The van der Waals surface area contributed by atoms with E-state index >= 15 is 8.78 Å². The van der Waals surface area contributed by atoms with E-state index in [1.54, 1.807) is 42.5 Å². The second-order valence-electron chi connectivity index (χ2n) is 8.69. The van der Waals surface area contributed by atoms with Crippen LogP contribution in [-0.2, 0) is 22.7 Å². The predicted octanol–water partition coefficient (Wildman–Crippen LogP) is 3.30. The molecule has 4 rings (SSSR count). The number of likely N-dealkylation sites (tertiary alicyclic amines) is 2. The lowest BCUT2D eigenvalue weighted by Gasteiger charge is -2.23. The Bertz CT molecular complexity index is 1190. The number of fused-ring (bicyclic) bond motifs is 1. The van der Waals surface area contributed by atoms with Gasteiger partial charge in [-0.15, -0.1) is 0 Å². The van der Waals surface area contributed by atoms with Crippen LogP contribution in [0.2, 0.25) is 0 Å². The Kier molecular flexibility index (Phi) is 7.77. The van der Waals surface area contributed by atoms with Gasteiger partial charge in [-0.25, -0.2) is 18.4 Å². The third kappa shape index (κ3) is 5.82. The minimum Gasteiger partial charge on any atom is -0.497 e. The molecule has 2 fully saturated rings. The van der Waals surface area contributed by atoms with Gasteiger partial charge in [-0.2, -0.15) is 13.2 Å². The molecule has 2 saturated heterocycles. The maximum atomic E-state index is 15.6. The molecule has 2 heterocycles. The first-order valence-electron chi connectivity index (χ1n) is 10.8. The van der Waals surface area contributed by atoms with Gasteiger partial charge >= 0.3 is 18.1 Å². The van der Waals surface area contributed by atoms with Crippen LogP contribution in [0.25, 0.3) is 0 Å². The van der Waals surface area contributed by atoms with Crippen molar-refractivity contribution in [3.63, 3.8) is 0 Å². The summed E-state index contributed by atoms with van der Waals surface area (Å²) >= 11 is 0. The number of benzene rings is 2. The number of aromatic carboxylic acids is 1. The number of halogens is 5. The van der Waals surface area contributed by atoms with Gasteiger partial charge in [0, 0.05) is 26.2 Å². The standard InChI is InChI=1S/C22H22F2N2O4.C2HF3O2/c1-30-17-7-4-5-15(9-17)10-26-13-21(23)12-25(14-22(21,24)20(26)29)11-16-6-2-3-8-18(16)19(27)28;3-2(4,5)1(6)7/h2-9H,10-14H2,1H3,(H,27,28);(H,6,7)/t21-,22+;/m0./s1. The third-order valence-electron chi connectivity index (χ3n) is 6.09. The Hall–Kier alpha value is -3.74. The largest absolute Gasteiger partial charge is 0.497 e. The number of ether oxygens (including phenoxy) is 1. The summed E-state index contributed by atoms with van der Waals surface area (Å²) in [5, 5.41) is 16.4. The van der Waals surface area contributed by atoms with E-state index in [0.29, 0.717) is 11.3 Å². The highest BCUT2D eigenvalue weighted by Crippen LogP contribution is 2.46. The molecule has 0 bridgehead atoms. The second kappa shape index (κ2) is 10.3. The van der Waals surface area contributed by atoms with Gasteiger partial charge in [0.25, 0.3) is 5.91 Å². The molecular weight excluding hydrogens is 507 g/mol. The van der Waals surface area contributed by atoms with Crippen LogP contribution in [0.15, 0.2) is 48.5 Å². The Morgan fingerprint density at radius 1 is 1.00 bits per heavy atom. The normalized spacial score (nSPS) is 23.3. The molecule has 1 amide bonds. The molecule has 200 valence electrons. The number of nitrogens with zero attached hydrogens (tertiary/aromatic N) is 2. The maximum Gasteiger partial charge on any atom is 0.490 e. The summed E-state index contributed by atoms with van der Waals surface area (Å²) in [7, 11) is 1.52. The summed E-state index contributed by atoms with van der Waals surface area (Å²) in [4.78, 5) is 35.8. The van der Waals surface area contributed by atoms with Crippen LogP contribution in [0.1, 0.15) is 21.5 Å². The molecule has 2 N–H and O–H groups in total. The van der Waals surface area contributed by atoms with E-state index < -0.39 is 41.9 Å². The average Bonchev–Trinajstić information content (AvgIpc) is 3.17. The van der Waals surface area contributed by atoms with Crippen molar-refractivity contribution in [1.29, 1.82) is 0 Å². The molecule has 37 heavy (non-hydrogen) atoms. The predicted molar refractivity (Wildman–Crippen MR) is 118 cm³/mol. The Labute approximate surface area is 207 Å². The molecule has 0 spiro atoms. The Morgan fingerprint density at radius 3 is 2.22 bits per heavy atom. The maximum absolute atomic E-state index is 15.6. The van der Waals surface area contributed by atoms with Crippen LogP contribution >= 0.6 is 0 Å². The van der Waals surface area contributed by atoms with Crippen LogP contribution in [-0.4, -0.2) is 82.1 Å². The quantitative estimate of drug-likeness (QED) is 0.552. The van der Waals surface area contributed by atoms with E-state index in [-0.39, 0.29) is 31.7 Å². The van der Waals surface area contributed by atoms with Crippen LogP contribution < -0.4 is 4.74 Å². The third-order valence-corrected chi connectivity index (χ3v) is 6.09. The molecule has 0 aliphatic carbocycles. The highest BCUT2D eigenvalue weighted by molar-refractivity contribution is 5.91. The summed E-state index contributed by atoms with van der Waals surface area (Å²) in [5.74, 6) is -4.13. The summed E-state index contributed by atoms with van der Waals surface area (Å²) in [6.07, 6.45) is -5.08. The van der Waals surface area contributed by atoms with Crippen molar-refractivity contribution in [2.24, 2.45) is 0 Å². The molecule has 0 aromatic heterocycles. The van der Waals surface area contributed by atoms with E-state index in [9.17, 15) is 27.9 Å². The van der Waals surface area contributed by atoms with Crippen LogP contribution in [0.3, 0.4) is 0 Å². The lowest BCUT2D eigenvalue weighted by Crippen LogP contribution is -2.47.